The summed E-state index contributed by atoms with van der Waals surface area (Å²) in [6.07, 6.45) is -0.725. The zero-order valence-electron chi connectivity index (χ0n) is 14.3. The standard InChI is InChI=1S/C19H21NO4/c1-12-8-9-18(23-4)17(10-12)20-19(22)14(3)24-16-7-5-6-15(11-16)13(2)21/h5-11,14H,1-4H3,(H,20,22)/t14-/m1/s1. The number of Topliss-reactive ketones (excluding diaryl/α,β-unsaturated/α-hetero) is 1. The molecular weight excluding hydrogens is 306 g/mol. The molecule has 5 nitrogen and oxygen atoms in total. The van der Waals surface area contributed by atoms with Crippen LogP contribution < -0.4 is 14.8 Å². The number of ether oxygens (including phenoxy) is 2. The summed E-state index contributed by atoms with van der Waals surface area (Å²) in [5, 5.41) is 2.80. The van der Waals surface area contributed by atoms with Crippen molar-refractivity contribution >= 4 is 17.4 Å². The minimum absolute atomic E-state index is 0.0537. The van der Waals surface area contributed by atoms with Crippen LogP contribution in [-0.4, -0.2) is 24.9 Å². The van der Waals surface area contributed by atoms with Gasteiger partial charge in [-0.15, -0.1) is 0 Å². The number of rotatable bonds is 6. The molecule has 0 spiro atoms. The van der Waals surface area contributed by atoms with E-state index in [0.29, 0.717) is 22.7 Å². The van der Waals surface area contributed by atoms with Crippen molar-refractivity contribution in [3.63, 3.8) is 0 Å². The van der Waals surface area contributed by atoms with Gasteiger partial charge >= 0.3 is 0 Å². The van der Waals surface area contributed by atoms with Crippen molar-refractivity contribution in [2.45, 2.75) is 26.9 Å². The second-order valence-corrected chi connectivity index (χ2v) is 5.54. The van der Waals surface area contributed by atoms with Gasteiger partial charge in [-0.3, -0.25) is 9.59 Å². The predicted octanol–water partition coefficient (Wildman–Crippen LogP) is 3.61. The molecule has 0 aliphatic rings. The summed E-state index contributed by atoms with van der Waals surface area (Å²) in [6, 6.07) is 12.3. The van der Waals surface area contributed by atoms with Crippen LogP contribution >= 0.6 is 0 Å². The number of nitrogens with one attached hydrogen (secondary N) is 1. The molecule has 0 bridgehead atoms. The highest BCUT2D eigenvalue weighted by Crippen LogP contribution is 2.25. The van der Waals surface area contributed by atoms with Gasteiger partial charge in [-0.05, 0) is 50.6 Å². The average Bonchev–Trinajstić information content (AvgIpc) is 2.55. The number of benzene rings is 2. The monoisotopic (exact) mass is 327 g/mol. The van der Waals surface area contributed by atoms with Crippen LogP contribution in [0.4, 0.5) is 5.69 Å². The van der Waals surface area contributed by atoms with E-state index in [-0.39, 0.29) is 11.7 Å². The molecule has 1 atom stereocenters. The van der Waals surface area contributed by atoms with Crippen molar-refractivity contribution in [1.82, 2.24) is 0 Å². The third-order valence-electron chi connectivity index (χ3n) is 3.54. The molecule has 0 aliphatic heterocycles. The van der Waals surface area contributed by atoms with Gasteiger partial charge in [-0.2, -0.15) is 0 Å². The second kappa shape index (κ2) is 7.64. The largest absolute Gasteiger partial charge is 0.495 e. The molecule has 0 radical (unpaired) electrons. The zero-order valence-corrected chi connectivity index (χ0v) is 14.3. The number of ketones is 1. The molecule has 0 fully saturated rings. The molecule has 0 heterocycles. The first-order valence-corrected chi connectivity index (χ1v) is 7.64. The molecule has 5 heteroatoms. The summed E-state index contributed by atoms with van der Waals surface area (Å²) in [6.45, 7) is 5.07. The van der Waals surface area contributed by atoms with E-state index in [4.69, 9.17) is 9.47 Å². The number of methoxy groups -OCH3 is 1. The minimum atomic E-state index is -0.725. The van der Waals surface area contributed by atoms with Gasteiger partial charge in [0.05, 0.1) is 12.8 Å². The number of carbonyl (C=O) groups is 2. The first-order chi connectivity index (χ1) is 11.4. The van der Waals surface area contributed by atoms with Gasteiger partial charge in [0, 0.05) is 5.56 Å². The fraction of sp³-hybridized carbons (Fsp3) is 0.263. The van der Waals surface area contributed by atoms with E-state index >= 15 is 0 Å². The summed E-state index contributed by atoms with van der Waals surface area (Å²) < 4.78 is 10.9. The maximum atomic E-state index is 12.4. The van der Waals surface area contributed by atoms with E-state index in [1.165, 1.54) is 6.92 Å². The van der Waals surface area contributed by atoms with Crippen LogP contribution in [0, 0.1) is 6.92 Å². The first-order valence-electron chi connectivity index (χ1n) is 7.64. The summed E-state index contributed by atoms with van der Waals surface area (Å²) in [4.78, 5) is 23.8. The van der Waals surface area contributed by atoms with Crippen LogP contribution in [0.15, 0.2) is 42.5 Å². The van der Waals surface area contributed by atoms with Gasteiger partial charge in [0.2, 0.25) is 0 Å². The van der Waals surface area contributed by atoms with Crippen LogP contribution in [0.25, 0.3) is 0 Å². The molecule has 2 aromatic rings. The Morgan fingerprint density at radius 2 is 1.88 bits per heavy atom. The lowest BCUT2D eigenvalue weighted by atomic mass is 10.1. The fourth-order valence-electron chi connectivity index (χ4n) is 2.20. The molecule has 2 aromatic carbocycles. The molecule has 0 unspecified atom stereocenters. The van der Waals surface area contributed by atoms with Gasteiger partial charge in [0.1, 0.15) is 11.5 Å². The van der Waals surface area contributed by atoms with E-state index < -0.39 is 6.10 Å². The zero-order chi connectivity index (χ0) is 17.7. The second-order valence-electron chi connectivity index (χ2n) is 5.54. The van der Waals surface area contributed by atoms with Crippen molar-refractivity contribution in [3.05, 3.63) is 53.6 Å². The quantitative estimate of drug-likeness (QED) is 0.823. The summed E-state index contributed by atoms with van der Waals surface area (Å²) >= 11 is 0. The lowest BCUT2D eigenvalue weighted by molar-refractivity contribution is -0.122. The number of hydrogen-bond donors (Lipinski definition) is 1. The van der Waals surface area contributed by atoms with Gasteiger partial charge in [-0.25, -0.2) is 0 Å². The van der Waals surface area contributed by atoms with Crippen LogP contribution in [-0.2, 0) is 4.79 Å². The van der Waals surface area contributed by atoms with Crippen molar-refractivity contribution in [3.8, 4) is 11.5 Å². The number of carbonyl (C=O) groups excluding carboxylic acids is 2. The number of hydrogen-bond acceptors (Lipinski definition) is 4. The third kappa shape index (κ3) is 4.35. The molecule has 0 saturated carbocycles. The predicted molar refractivity (Wildman–Crippen MR) is 92.9 cm³/mol. The van der Waals surface area contributed by atoms with Crippen molar-refractivity contribution in [1.29, 1.82) is 0 Å². The molecule has 0 aromatic heterocycles. The van der Waals surface area contributed by atoms with E-state index in [1.54, 1.807) is 44.4 Å². The molecular formula is C19H21NO4. The van der Waals surface area contributed by atoms with Gasteiger partial charge in [-0.1, -0.05) is 18.2 Å². The van der Waals surface area contributed by atoms with E-state index in [9.17, 15) is 9.59 Å². The van der Waals surface area contributed by atoms with Crippen LogP contribution in [0.5, 0.6) is 11.5 Å². The Balaban J connectivity index is 2.09. The van der Waals surface area contributed by atoms with Gasteiger partial charge in [0.15, 0.2) is 11.9 Å². The highest BCUT2D eigenvalue weighted by molar-refractivity contribution is 5.96. The van der Waals surface area contributed by atoms with Crippen molar-refractivity contribution in [2.24, 2.45) is 0 Å². The van der Waals surface area contributed by atoms with Crippen LogP contribution in [0.2, 0.25) is 0 Å². The Labute approximate surface area is 141 Å². The summed E-state index contributed by atoms with van der Waals surface area (Å²) in [5.41, 5.74) is 2.14. The molecule has 1 N–H and O–H groups in total. The highest BCUT2D eigenvalue weighted by atomic mass is 16.5. The normalized spacial score (nSPS) is 11.5. The Hall–Kier alpha value is -2.82. The van der Waals surface area contributed by atoms with Crippen molar-refractivity contribution in [2.75, 3.05) is 12.4 Å². The van der Waals surface area contributed by atoms with E-state index in [0.717, 1.165) is 5.56 Å². The Bertz CT molecular complexity index is 755. The average molecular weight is 327 g/mol. The Kier molecular flexibility index (Phi) is 5.58. The lowest BCUT2D eigenvalue weighted by Gasteiger charge is -2.16. The Morgan fingerprint density at radius 3 is 2.54 bits per heavy atom. The molecule has 126 valence electrons. The number of anilines is 1. The van der Waals surface area contributed by atoms with Gasteiger partial charge in [0.25, 0.3) is 5.91 Å². The fourth-order valence-corrected chi connectivity index (χ4v) is 2.20. The third-order valence-corrected chi connectivity index (χ3v) is 3.54. The van der Waals surface area contributed by atoms with Crippen molar-refractivity contribution < 1.29 is 19.1 Å². The first kappa shape index (κ1) is 17.5. The minimum Gasteiger partial charge on any atom is -0.495 e. The van der Waals surface area contributed by atoms with Crippen LogP contribution in [0.3, 0.4) is 0 Å². The molecule has 0 aliphatic carbocycles. The highest BCUT2D eigenvalue weighted by Gasteiger charge is 2.17. The number of aryl methyl sites for hydroxylation is 1. The van der Waals surface area contributed by atoms with E-state index in [1.807, 2.05) is 19.1 Å². The van der Waals surface area contributed by atoms with Crippen LogP contribution in [0.1, 0.15) is 29.8 Å². The number of amides is 1. The maximum Gasteiger partial charge on any atom is 0.265 e. The Morgan fingerprint density at radius 1 is 1.12 bits per heavy atom. The maximum absolute atomic E-state index is 12.4. The summed E-state index contributed by atoms with van der Waals surface area (Å²) in [7, 11) is 1.55. The topological polar surface area (TPSA) is 64.6 Å². The molecule has 0 saturated heterocycles. The summed E-state index contributed by atoms with van der Waals surface area (Å²) in [5.74, 6) is 0.704. The SMILES string of the molecule is COc1ccc(C)cc1NC(=O)[C@@H](C)Oc1cccc(C(C)=O)c1. The van der Waals surface area contributed by atoms with Gasteiger partial charge < -0.3 is 14.8 Å². The molecule has 24 heavy (non-hydrogen) atoms. The van der Waals surface area contributed by atoms with E-state index in [2.05, 4.69) is 5.32 Å². The lowest BCUT2D eigenvalue weighted by Crippen LogP contribution is -2.30. The molecule has 1 amide bonds. The smallest absolute Gasteiger partial charge is 0.265 e. The molecule has 2 rings (SSSR count).